The number of allylic oxidation sites excluding steroid dienone is 1. The van der Waals surface area contributed by atoms with Gasteiger partial charge >= 0.3 is 0 Å². The van der Waals surface area contributed by atoms with Crippen molar-refractivity contribution in [3.05, 3.63) is 199 Å². The summed E-state index contributed by atoms with van der Waals surface area (Å²) in [5.41, 5.74) is 8.65. The van der Waals surface area contributed by atoms with Crippen LogP contribution in [0.1, 0.15) is 40.3 Å². The van der Waals surface area contributed by atoms with E-state index in [9.17, 15) is 24.9 Å². The number of amides is 2. The Morgan fingerprint density at radius 3 is 1.39 bits per heavy atom. The summed E-state index contributed by atoms with van der Waals surface area (Å²) in [7, 11) is 0. The maximum Gasteiger partial charge on any atom is 0.228 e. The van der Waals surface area contributed by atoms with Crippen molar-refractivity contribution in [1.82, 2.24) is 0 Å². The predicted octanol–water partition coefficient (Wildman–Crippen LogP) is 10.8. The van der Waals surface area contributed by atoms with Crippen LogP contribution in [0.4, 0.5) is 17.1 Å². The molecule has 8 heteroatoms. The van der Waals surface area contributed by atoms with E-state index in [-0.39, 0.29) is 41.9 Å². The summed E-state index contributed by atoms with van der Waals surface area (Å²) < 4.78 is 0. The minimum Gasteiger partial charge on any atom is -0.506 e. The number of phenols is 3. The number of aliphatic imine (C=N–C) groups is 1. The monoisotopic (exact) mass is 757 g/mol. The average Bonchev–Trinajstić information content (AvgIpc) is 3.21. The average molecular weight is 758 g/mol. The van der Waals surface area contributed by atoms with Gasteiger partial charge in [0.15, 0.2) is 0 Å². The van der Waals surface area contributed by atoms with Gasteiger partial charge in [-0.1, -0.05) is 147 Å². The van der Waals surface area contributed by atoms with Crippen molar-refractivity contribution in [2.75, 3.05) is 10.6 Å². The second-order valence-electron chi connectivity index (χ2n) is 12.9. The lowest BCUT2D eigenvalue weighted by atomic mass is 10.0. The van der Waals surface area contributed by atoms with E-state index in [1.165, 1.54) is 17.7 Å². The second-order valence-corrected chi connectivity index (χ2v) is 12.9. The molecular formula is C49H47N3O5. The van der Waals surface area contributed by atoms with Gasteiger partial charge in [0.05, 0.1) is 24.2 Å². The van der Waals surface area contributed by atoms with Gasteiger partial charge < -0.3 is 26.0 Å². The van der Waals surface area contributed by atoms with E-state index in [2.05, 4.69) is 35.4 Å². The van der Waals surface area contributed by atoms with Gasteiger partial charge in [0, 0.05) is 12.6 Å². The molecule has 57 heavy (non-hydrogen) atoms. The molecule has 6 aromatic carbocycles. The number of anilines is 2. The molecule has 2 amide bonds. The van der Waals surface area contributed by atoms with Crippen LogP contribution in [0, 0.1) is 0 Å². The van der Waals surface area contributed by atoms with Crippen molar-refractivity contribution in [2.45, 2.75) is 26.2 Å². The molecule has 0 bridgehead atoms. The number of hydrogen-bond donors (Lipinski definition) is 5. The number of hydrogen-bond acceptors (Lipinski definition) is 6. The summed E-state index contributed by atoms with van der Waals surface area (Å²) in [6.07, 6.45) is 6.66. The minimum atomic E-state index is -0.159. The van der Waals surface area contributed by atoms with E-state index >= 15 is 0 Å². The fourth-order valence-corrected chi connectivity index (χ4v) is 5.21. The molecule has 0 unspecified atom stereocenters. The predicted molar refractivity (Wildman–Crippen MR) is 235 cm³/mol. The Hall–Kier alpha value is -7.45. The van der Waals surface area contributed by atoms with Gasteiger partial charge in [0.1, 0.15) is 22.9 Å². The summed E-state index contributed by atoms with van der Waals surface area (Å²) in [6.45, 7) is 13.2. The standard InChI is InChI=1S/C17H17NO2.C16H15NO2.C16H15NO/c1-12(2)14-9-7-13(8-10-14)11-17(20)18-15-5-3-4-6-16(15)19;1-2-12-7-9-13(10-8-12)11-16(19)17-14-5-3-4-6-15(14)18;1-2-13-7-9-14(10-8-13)11-12-17-15-5-3-4-6-16(15)18/h3-10,19H,1,11H2,2H3,(H,18,20);2-10,18H,1,11H2,(H,17,19);2-10,12,18H,1,11H2. The van der Waals surface area contributed by atoms with Crippen molar-refractivity contribution >= 4 is 52.8 Å². The highest BCUT2D eigenvalue weighted by atomic mass is 16.3. The van der Waals surface area contributed by atoms with Crippen molar-refractivity contribution < 1.29 is 24.9 Å². The third-order valence-electron chi connectivity index (χ3n) is 8.40. The van der Waals surface area contributed by atoms with E-state index < -0.39 is 0 Å². The van der Waals surface area contributed by atoms with Crippen LogP contribution in [0.15, 0.2) is 170 Å². The van der Waals surface area contributed by atoms with E-state index in [1.54, 1.807) is 66.9 Å². The number of nitrogens with zero attached hydrogens (tertiary/aromatic N) is 1. The maximum absolute atomic E-state index is 11.9. The lowest BCUT2D eigenvalue weighted by Crippen LogP contribution is -2.14. The normalized spacial score (nSPS) is 10.2. The topological polar surface area (TPSA) is 131 Å². The second kappa shape index (κ2) is 22.1. The van der Waals surface area contributed by atoms with E-state index in [4.69, 9.17) is 0 Å². The number of para-hydroxylation sites is 6. The zero-order valence-electron chi connectivity index (χ0n) is 31.9. The molecule has 0 heterocycles. The van der Waals surface area contributed by atoms with Crippen LogP contribution in [0.3, 0.4) is 0 Å². The molecule has 0 fully saturated rings. The van der Waals surface area contributed by atoms with Gasteiger partial charge in [-0.25, -0.2) is 0 Å². The van der Waals surface area contributed by atoms with Crippen LogP contribution in [0.2, 0.25) is 0 Å². The highest BCUT2D eigenvalue weighted by Gasteiger charge is 2.08. The van der Waals surface area contributed by atoms with Crippen LogP contribution in [0.25, 0.3) is 17.7 Å². The number of carbonyl (C=O) groups is 2. The molecule has 0 radical (unpaired) electrons. The first-order valence-corrected chi connectivity index (χ1v) is 18.2. The Morgan fingerprint density at radius 2 is 0.965 bits per heavy atom. The van der Waals surface area contributed by atoms with Crippen LogP contribution in [0.5, 0.6) is 17.2 Å². The molecule has 0 spiro atoms. The van der Waals surface area contributed by atoms with E-state index in [1.807, 2.05) is 91.9 Å². The number of nitrogens with one attached hydrogen (secondary N) is 2. The first-order valence-electron chi connectivity index (χ1n) is 18.2. The summed E-state index contributed by atoms with van der Waals surface area (Å²) in [6, 6.07) is 43.9. The Kier molecular flexibility index (Phi) is 16.4. The van der Waals surface area contributed by atoms with E-state index in [0.29, 0.717) is 17.1 Å². The van der Waals surface area contributed by atoms with Gasteiger partial charge in [-0.3, -0.25) is 14.6 Å². The first kappa shape index (κ1) is 42.3. The molecule has 6 aromatic rings. The highest BCUT2D eigenvalue weighted by molar-refractivity contribution is 5.94. The fourth-order valence-electron chi connectivity index (χ4n) is 5.21. The zero-order chi connectivity index (χ0) is 41.0. The number of rotatable bonds is 12. The molecule has 0 aromatic heterocycles. The Balaban J connectivity index is 0.000000190. The zero-order valence-corrected chi connectivity index (χ0v) is 31.9. The molecule has 0 saturated heterocycles. The van der Waals surface area contributed by atoms with Crippen LogP contribution >= 0.6 is 0 Å². The third-order valence-corrected chi connectivity index (χ3v) is 8.40. The van der Waals surface area contributed by atoms with Crippen molar-refractivity contribution in [1.29, 1.82) is 0 Å². The summed E-state index contributed by atoms with van der Waals surface area (Å²) >= 11 is 0. The SMILES string of the molecule is C=C(C)c1ccc(CC(=O)Nc2ccccc2O)cc1.C=Cc1ccc(CC(=O)Nc2ccccc2O)cc1.C=Cc1ccc(CC=Nc2ccccc2O)cc1. The smallest absolute Gasteiger partial charge is 0.228 e. The van der Waals surface area contributed by atoms with Crippen LogP contribution < -0.4 is 10.6 Å². The number of carbonyl (C=O) groups excluding carboxylic acids is 2. The molecular weight excluding hydrogens is 711 g/mol. The number of aromatic hydroxyl groups is 3. The quantitative estimate of drug-likeness (QED) is 0.0626. The van der Waals surface area contributed by atoms with E-state index in [0.717, 1.165) is 39.8 Å². The highest BCUT2D eigenvalue weighted by Crippen LogP contribution is 2.25. The van der Waals surface area contributed by atoms with Crippen LogP contribution in [-0.4, -0.2) is 33.3 Å². The Labute approximate surface area is 334 Å². The van der Waals surface area contributed by atoms with Gasteiger partial charge in [-0.15, -0.1) is 0 Å². The summed E-state index contributed by atoms with van der Waals surface area (Å²) in [5.74, 6) is 0.0227. The van der Waals surface area contributed by atoms with Crippen molar-refractivity contribution in [3.63, 3.8) is 0 Å². The van der Waals surface area contributed by atoms with Gasteiger partial charge in [-0.05, 0) is 76.7 Å². The Morgan fingerprint density at radius 1 is 0.561 bits per heavy atom. The first-order chi connectivity index (χ1) is 27.5. The molecule has 288 valence electrons. The number of benzene rings is 6. The van der Waals surface area contributed by atoms with Gasteiger partial charge in [-0.2, -0.15) is 0 Å². The third kappa shape index (κ3) is 14.4. The maximum atomic E-state index is 11.9. The van der Waals surface area contributed by atoms with Gasteiger partial charge in [0.25, 0.3) is 0 Å². The molecule has 0 saturated carbocycles. The number of phenolic OH excluding ortho intramolecular Hbond substituents is 3. The molecule has 0 aliphatic carbocycles. The van der Waals surface area contributed by atoms with Gasteiger partial charge in [0.2, 0.25) is 11.8 Å². The molecule has 0 aliphatic heterocycles. The van der Waals surface area contributed by atoms with Crippen molar-refractivity contribution in [2.24, 2.45) is 4.99 Å². The Bertz CT molecular complexity index is 2290. The minimum absolute atomic E-state index is 0.0675. The molecule has 6 rings (SSSR count). The molecule has 0 aliphatic rings. The molecule has 0 atom stereocenters. The van der Waals surface area contributed by atoms with Crippen molar-refractivity contribution in [3.8, 4) is 17.2 Å². The lowest BCUT2D eigenvalue weighted by Gasteiger charge is -2.07. The molecule has 8 nitrogen and oxygen atoms in total. The fraction of sp³-hybridized carbons (Fsp3) is 0.0816. The summed E-state index contributed by atoms with van der Waals surface area (Å²) in [4.78, 5) is 28.0. The largest absolute Gasteiger partial charge is 0.506 e. The summed E-state index contributed by atoms with van der Waals surface area (Å²) in [5, 5.41) is 34.1. The lowest BCUT2D eigenvalue weighted by molar-refractivity contribution is -0.116. The molecule has 5 N–H and O–H groups in total. The van der Waals surface area contributed by atoms with Crippen LogP contribution in [-0.2, 0) is 28.9 Å².